The molecule has 3 heterocycles. The van der Waals surface area contributed by atoms with Crippen molar-refractivity contribution in [2.45, 2.75) is 19.1 Å². The minimum absolute atomic E-state index is 0.00931. The normalized spacial score (nSPS) is 23.3. The number of hydrogen-bond acceptors (Lipinski definition) is 6. The number of aliphatic imine (C=N–C) groups is 1. The number of anilines is 2. The van der Waals surface area contributed by atoms with Crippen molar-refractivity contribution in [3.05, 3.63) is 36.5 Å². The van der Waals surface area contributed by atoms with Crippen molar-refractivity contribution in [2.24, 2.45) is 10.9 Å². The molecule has 3 aliphatic heterocycles. The molecule has 1 saturated heterocycles. The van der Waals surface area contributed by atoms with Gasteiger partial charge in [-0.05, 0) is 49.0 Å². The molecular weight excluding hydrogens is 308 g/mol. The van der Waals surface area contributed by atoms with Gasteiger partial charge >= 0.3 is 0 Å². The molecule has 1 N–H and O–H groups in total. The van der Waals surface area contributed by atoms with E-state index in [1.165, 1.54) is 30.6 Å². The van der Waals surface area contributed by atoms with Gasteiger partial charge in [-0.15, -0.1) is 0 Å². The Morgan fingerprint density at radius 1 is 1.30 bits per heavy atom. The molecule has 6 heteroatoms. The van der Waals surface area contributed by atoms with E-state index >= 15 is 0 Å². The summed E-state index contributed by atoms with van der Waals surface area (Å²) in [5.41, 5.74) is 2.35. The van der Waals surface area contributed by atoms with Gasteiger partial charge in [0.25, 0.3) is 0 Å². The van der Waals surface area contributed by atoms with Gasteiger partial charge in [-0.1, -0.05) is 12.1 Å². The molecule has 0 radical (unpaired) electrons. The number of hydrogen-bond donors (Lipinski definition) is 1. The number of benzene rings is 1. The third-order valence-electron chi connectivity index (χ3n) is 4.73. The minimum Gasteiger partial charge on any atom is -0.357 e. The van der Waals surface area contributed by atoms with Crippen molar-refractivity contribution in [2.75, 3.05) is 36.2 Å². The molecule has 1 aromatic carbocycles. The lowest BCUT2D eigenvalue weighted by Gasteiger charge is -2.35. The van der Waals surface area contributed by atoms with Crippen LogP contribution in [0, 0.1) is 5.92 Å². The zero-order valence-corrected chi connectivity index (χ0v) is 14.1. The summed E-state index contributed by atoms with van der Waals surface area (Å²) in [5, 5.41) is 3.48. The van der Waals surface area contributed by atoms with E-state index in [0.717, 1.165) is 31.2 Å². The van der Waals surface area contributed by atoms with Gasteiger partial charge in [0.05, 0.1) is 18.0 Å². The Bertz CT molecular complexity index is 625. The largest absolute Gasteiger partial charge is 0.357 e. The first-order valence-corrected chi connectivity index (χ1v) is 9.30. The maximum atomic E-state index is 5.48. The van der Waals surface area contributed by atoms with Crippen LogP contribution < -0.4 is 10.2 Å². The first kappa shape index (κ1) is 14.9. The van der Waals surface area contributed by atoms with Crippen LogP contribution in [0.15, 0.2) is 41.5 Å². The fourth-order valence-electron chi connectivity index (χ4n) is 3.41. The highest BCUT2D eigenvalue weighted by molar-refractivity contribution is 7.93. The van der Waals surface area contributed by atoms with Gasteiger partial charge < -0.3 is 19.3 Å². The molecule has 0 aromatic heterocycles. The molecule has 122 valence electrons. The summed E-state index contributed by atoms with van der Waals surface area (Å²) < 4.78 is 5.48. The summed E-state index contributed by atoms with van der Waals surface area (Å²) in [7, 11) is 0. The lowest BCUT2D eigenvalue weighted by atomic mass is 9.98. The van der Waals surface area contributed by atoms with Crippen LogP contribution in [0.1, 0.15) is 12.8 Å². The molecule has 5 nitrogen and oxygen atoms in total. The van der Waals surface area contributed by atoms with E-state index < -0.39 is 0 Å². The molecule has 0 aliphatic carbocycles. The molecule has 23 heavy (non-hydrogen) atoms. The van der Waals surface area contributed by atoms with Crippen LogP contribution in [0.3, 0.4) is 0 Å². The quantitative estimate of drug-likeness (QED) is 0.862. The highest BCUT2D eigenvalue weighted by atomic mass is 32.2. The maximum Gasteiger partial charge on any atom is 0.202 e. The van der Waals surface area contributed by atoms with Crippen molar-refractivity contribution >= 4 is 29.3 Å². The fraction of sp³-hybridized carbons (Fsp3) is 0.471. The number of rotatable bonds is 3. The summed E-state index contributed by atoms with van der Waals surface area (Å²) in [6, 6.07) is 8.36. The fourth-order valence-corrected chi connectivity index (χ4v) is 3.74. The Balaban J connectivity index is 1.40. The average Bonchev–Trinajstić information content (AvgIpc) is 2.98. The van der Waals surface area contributed by atoms with E-state index in [9.17, 15) is 0 Å². The van der Waals surface area contributed by atoms with Gasteiger partial charge in [-0.25, -0.2) is 4.99 Å². The number of nitrogens with zero attached hydrogens (tertiary/aromatic N) is 3. The van der Waals surface area contributed by atoms with Crippen molar-refractivity contribution in [1.29, 1.82) is 0 Å². The molecule has 0 bridgehead atoms. The highest BCUT2D eigenvalue weighted by Crippen LogP contribution is 2.36. The van der Waals surface area contributed by atoms with Crippen LogP contribution in [-0.4, -0.2) is 43.0 Å². The van der Waals surface area contributed by atoms with Crippen LogP contribution in [0.25, 0.3) is 0 Å². The topological polar surface area (TPSA) is 40.1 Å². The van der Waals surface area contributed by atoms with Crippen LogP contribution in [0.4, 0.5) is 11.4 Å². The summed E-state index contributed by atoms with van der Waals surface area (Å²) >= 11 is 1.47. The molecule has 3 aliphatic rings. The summed E-state index contributed by atoms with van der Waals surface area (Å²) in [6.07, 6.45) is 8.61. The Kier molecular flexibility index (Phi) is 4.18. The lowest BCUT2D eigenvalue weighted by Crippen LogP contribution is -2.43. The molecular formula is C17H22N4OS. The number of amidine groups is 1. The summed E-state index contributed by atoms with van der Waals surface area (Å²) in [5.74, 6) is 1.77. The zero-order chi connectivity index (χ0) is 15.6. The number of para-hydroxylation sites is 2. The Morgan fingerprint density at radius 3 is 2.96 bits per heavy atom. The van der Waals surface area contributed by atoms with E-state index in [1.54, 1.807) is 0 Å². The summed E-state index contributed by atoms with van der Waals surface area (Å²) in [4.78, 5) is 9.49. The first-order chi connectivity index (χ1) is 11.3. The van der Waals surface area contributed by atoms with E-state index in [2.05, 4.69) is 51.7 Å². The zero-order valence-electron chi connectivity index (χ0n) is 13.3. The van der Waals surface area contributed by atoms with Crippen LogP contribution in [-0.2, 0) is 4.18 Å². The van der Waals surface area contributed by atoms with Gasteiger partial charge in [-0.3, -0.25) is 0 Å². The molecule has 1 unspecified atom stereocenters. The van der Waals surface area contributed by atoms with E-state index in [-0.39, 0.29) is 6.29 Å². The van der Waals surface area contributed by atoms with Gasteiger partial charge in [0.2, 0.25) is 6.29 Å². The second kappa shape index (κ2) is 6.45. The van der Waals surface area contributed by atoms with Crippen LogP contribution in [0.5, 0.6) is 0 Å². The van der Waals surface area contributed by atoms with Gasteiger partial charge in [0.1, 0.15) is 5.84 Å². The first-order valence-electron chi connectivity index (χ1n) is 8.15. The molecule has 1 atom stereocenters. The average molecular weight is 330 g/mol. The smallest absolute Gasteiger partial charge is 0.202 e. The predicted octanol–water partition coefficient (Wildman–Crippen LogP) is 3.13. The summed E-state index contributed by atoms with van der Waals surface area (Å²) in [6.45, 7) is 2.99. The van der Waals surface area contributed by atoms with E-state index in [4.69, 9.17) is 9.18 Å². The number of fused-ring (bicyclic) bond motifs is 3. The van der Waals surface area contributed by atoms with Crippen molar-refractivity contribution < 1.29 is 4.18 Å². The van der Waals surface area contributed by atoms with Crippen molar-refractivity contribution in [3.63, 3.8) is 0 Å². The third kappa shape index (κ3) is 2.93. The number of nitrogens with one attached hydrogen (secondary N) is 1. The van der Waals surface area contributed by atoms with Crippen molar-refractivity contribution in [3.8, 4) is 0 Å². The highest BCUT2D eigenvalue weighted by Gasteiger charge is 2.30. The molecule has 0 spiro atoms. The third-order valence-corrected chi connectivity index (χ3v) is 5.10. The molecule has 0 saturated carbocycles. The Hall–Kier alpha value is -1.66. The minimum atomic E-state index is -0.00931. The molecule has 1 aromatic rings. The molecule has 0 amide bonds. The molecule has 4 rings (SSSR count). The molecule has 1 fully saturated rings. The predicted molar refractivity (Wildman–Crippen MR) is 96.7 cm³/mol. The van der Waals surface area contributed by atoms with Crippen LogP contribution >= 0.6 is 12.0 Å². The van der Waals surface area contributed by atoms with Gasteiger partial charge in [-0.2, -0.15) is 0 Å². The Labute approximate surface area is 141 Å². The van der Waals surface area contributed by atoms with E-state index in [0.29, 0.717) is 5.92 Å². The Morgan fingerprint density at radius 2 is 2.13 bits per heavy atom. The van der Waals surface area contributed by atoms with Gasteiger partial charge in [0, 0.05) is 25.5 Å². The van der Waals surface area contributed by atoms with E-state index in [1.807, 2.05) is 6.26 Å². The monoisotopic (exact) mass is 330 g/mol. The second-order valence-corrected chi connectivity index (χ2v) is 6.70. The maximum absolute atomic E-state index is 5.48. The SMILES string of the molecule is CSOCC1CCN(C2=NC3Nc4ccccc4N3C=C2)CC1. The number of likely N-dealkylation sites (tertiary alicyclic amines) is 1. The van der Waals surface area contributed by atoms with Gasteiger partial charge in [0.15, 0.2) is 0 Å². The second-order valence-electron chi connectivity index (χ2n) is 6.13. The van der Waals surface area contributed by atoms with Crippen LogP contribution in [0.2, 0.25) is 0 Å². The lowest BCUT2D eigenvalue weighted by molar-refractivity contribution is 0.199. The number of piperidine rings is 1. The van der Waals surface area contributed by atoms with Crippen molar-refractivity contribution in [1.82, 2.24) is 4.90 Å². The standard InChI is InChI=1S/C17H22N4OS/c1-23-22-12-13-6-9-20(10-7-13)16-8-11-21-15-5-3-2-4-14(15)18-17(21)19-16/h2-5,8,11,13,17-18H,6-7,9-10,12H2,1H3.